The van der Waals surface area contributed by atoms with Crippen LogP contribution >= 0.6 is 0 Å². The van der Waals surface area contributed by atoms with Gasteiger partial charge < -0.3 is 14.5 Å². The SMILES string of the molecule is Cc1noc(C)c1-c1nc(C2CCCN(C(=O)c3cncnc3)C2)ccc1CO. The molecular formula is C21H23N5O3. The Morgan fingerprint density at radius 2 is 2.07 bits per heavy atom. The summed E-state index contributed by atoms with van der Waals surface area (Å²) in [7, 11) is 0. The number of aryl methyl sites for hydroxylation is 2. The highest BCUT2D eigenvalue weighted by molar-refractivity contribution is 5.93. The number of rotatable bonds is 4. The number of piperidine rings is 1. The maximum atomic E-state index is 12.8. The molecule has 0 saturated carbocycles. The third-order valence-corrected chi connectivity index (χ3v) is 5.38. The Morgan fingerprint density at radius 1 is 1.28 bits per heavy atom. The van der Waals surface area contributed by atoms with Gasteiger partial charge in [0.05, 0.1) is 29.1 Å². The minimum atomic E-state index is -0.115. The first-order valence-corrected chi connectivity index (χ1v) is 9.66. The van der Waals surface area contributed by atoms with Gasteiger partial charge >= 0.3 is 0 Å². The molecule has 0 bridgehead atoms. The normalized spacial score (nSPS) is 16.8. The zero-order valence-electron chi connectivity index (χ0n) is 16.5. The van der Waals surface area contributed by atoms with Crippen molar-refractivity contribution in [1.29, 1.82) is 0 Å². The fourth-order valence-corrected chi connectivity index (χ4v) is 3.89. The summed E-state index contributed by atoms with van der Waals surface area (Å²) < 4.78 is 5.30. The van der Waals surface area contributed by atoms with E-state index in [1.54, 1.807) is 12.4 Å². The van der Waals surface area contributed by atoms with E-state index in [-0.39, 0.29) is 18.4 Å². The number of hydrogen-bond acceptors (Lipinski definition) is 7. The number of hydrogen-bond donors (Lipinski definition) is 1. The molecule has 0 aromatic carbocycles. The highest BCUT2D eigenvalue weighted by Crippen LogP contribution is 2.32. The molecule has 0 spiro atoms. The number of amides is 1. The maximum absolute atomic E-state index is 12.8. The van der Waals surface area contributed by atoms with Gasteiger partial charge in [-0.1, -0.05) is 11.2 Å². The molecule has 3 aromatic heterocycles. The molecule has 8 nitrogen and oxygen atoms in total. The Balaban J connectivity index is 1.63. The average molecular weight is 393 g/mol. The Kier molecular flexibility index (Phi) is 5.35. The second-order valence-corrected chi connectivity index (χ2v) is 7.32. The highest BCUT2D eigenvalue weighted by Gasteiger charge is 2.27. The summed E-state index contributed by atoms with van der Waals surface area (Å²) in [5.41, 5.74) is 4.38. The minimum absolute atomic E-state index is 0.0618. The zero-order chi connectivity index (χ0) is 20.4. The summed E-state index contributed by atoms with van der Waals surface area (Å²) in [5, 5.41) is 13.8. The fourth-order valence-electron chi connectivity index (χ4n) is 3.89. The van der Waals surface area contributed by atoms with Crippen molar-refractivity contribution < 1.29 is 14.4 Å². The molecule has 1 saturated heterocycles. The molecule has 150 valence electrons. The third kappa shape index (κ3) is 3.75. The number of likely N-dealkylation sites (tertiary alicyclic amines) is 1. The Morgan fingerprint density at radius 3 is 2.76 bits per heavy atom. The van der Waals surface area contributed by atoms with Gasteiger partial charge in [-0.3, -0.25) is 9.78 Å². The highest BCUT2D eigenvalue weighted by atomic mass is 16.5. The topological polar surface area (TPSA) is 105 Å². The van der Waals surface area contributed by atoms with Gasteiger partial charge in [-0.15, -0.1) is 0 Å². The lowest BCUT2D eigenvalue weighted by Crippen LogP contribution is -2.39. The summed E-state index contributed by atoms with van der Waals surface area (Å²) >= 11 is 0. The number of aliphatic hydroxyl groups is 1. The molecule has 1 aliphatic rings. The van der Waals surface area contributed by atoms with E-state index in [0.717, 1.165) is 35.4 Å². The number of carbonyl (C=O) groups is 1. The largest absolute Gasteiger partial charge is 0.392 e. The van der Waals surface area contributed by atoms with E-state index in [9.17, 15) is 9.90 Å². The predicted octanol–water partition coefficient (Wildman–Crippen LogP) is 2.66. The van der Waals surface area contributed by atoms with Crippen molar-refractivity contribution in [3.8, 4) is 11.3 Å². The molecule has 1 unspecified atom stereocenters. The van der Waals surface area contributed by atoms with Crippen molar-refractivity contribution in [3.05, 3.63) is 59.1 Å². The molecule has 0 aliphatic carbocycles. The van der Waals surface area contributed by atoms with E-state index in [1.165, 1.54) is 6.33 Å². The van der Waals surface area contributed by atoms with Crippen LogP contribution in [0.3, 0.4) is 0 Å². The predicted molar refractivity (Wildman–Crippen MR) is 105 cm³/mol. The summed E-state index contributed by atoms with van der Waals surface area (Å²) in [5.74, 6) is 0.726. The summed E-state index contributed by atoms with van der Waals surface area (Å²) in [6.07, 6.45) is 6.35. The number of pyridine rings is 1. The van der Waals surface area contributed by atoms with Crippen LogP contribution in [0, 0.1) is 13.8 Å². The van der Waals surface area contributed by atoms with Gasteiger partial charge in [-0.2, -0.15) is 0 Å². The summed E-state index contributed by atoms with van der Waals surface area (Å²) in [4.78, 5) is 27.4. The lowest BCUT2D eigenvalue weighted by Gasteiger charge is -2.32. The molecule has 4 heterocycles. The van der Waals surface area contributed by atoms with E-state index in [1.807, 2.05) is 30.9 Å². The lowest BCUT2D eigenvalue weighted by atomic mass is 9.92. The molecule has 1 atom stereocenters. The van der Waals surface area contributed by atoms with E-state index >= 15 is 0 Å². The van der Waals surface area contributed by atoms with Crippen LogP contribution < -0.4 is 0 Å². The van der Waals surface area contributed by atoms with Gasteiger partial charge in [-0.25, -0.2) is 9.97 Å². The minimum Gasteiger partial charge on any atom is -0.392 e. The first-order chi connectivity index (χ1) is 14.1. The first-order valence-electron chi connectivity index (χ1n) is 9.66. The van der Waals surface area contributed by atoms with Crippen LogP contribution in [0.4, 0.5) is 0 Å². The Hall–Kier alpha value is -3.13. The molecule has 29 heavy (non-hydrogen) atoms. The number of aromatic nitrogens is 4. The first kappa shape index (κ1) is 19.2. The van der Waals surface area contributed by atoms with Gasteiger partial charge in [0.25, 0.3) is 5.91 Å². The van der Waals surface area contributed by atoms with Gasteiger partial charge in [0.15, 0.2) is 0 Å². The second kappa shape index (κ2) is 8.08. The zero-order valence-corrected chi connectivity index (χ0v) is 16.5. The second-order valence-electron chi connectivity index (χ2n) is 7.32. The van der Waals surface area contributed by atoms with Gasteiger partial charge in [0, 0.05) is 42.7 Å². The van der Waals surface area contributed by atoms with Gasteiger partial charge in [0.2, 0.25) is 0 Å². The van der Waals surface area contributed by atoms with E-state index in [0.29, 0.717) is 30.1 Å². The monoisotopic (exact) mass is 393 g/mol. The van der Waals surface area contributed by atoms with Gasteiger partial charge in [0.1, 0.15) is 12.1 Å². The molecule has 1 N–H and O–H groups in total. The maximum Gasteiger partial charge on any atom is 0.257 e. The molecule has 4 rings (SSSR count). The molecule has 1 amide bonds. The standard InChI is InChI=1S/C21H23N5O3/c1-13-19(14(2)29-25-13)20-16(11-27)5-6-18(24-20)15-4-3-7-26(10-15)21(28)17-8-22-12-23-9-17/h5-6,8-9,12,15,27H,3-4,7,10-11H2,1-2H3. The average Bonchev–Trinajstić information content (AvgIpc) is 3.11. The van der Waals surface area contributed by atoms with E-state index in [2.05, 4.69) is 15.1 Å². The smallest absolute Gasteiger partial charge is 0.257 e. The van der Waals surface area contributed by atoms with Gasteiger partial charge in [-0.05, 0) is 32.8 Å². The van der Waals surface area contributed by atoms with Crippen molar-refractivity contribution in [2.45, 2.75) is 39.2 Å². The Labute approximate surface area is 168 Å². The van der Waals surface area contributed by atoms with Crippen molar-refractivity contribution in [2.75, 3.05) is 13.1 Å². The molecule has 0 radical (unpaired) electrons. The van der Waals surface area contributed by atoms with Crippen LogP contribution in [0.15, 0.2) is 35.4 Å². The van der Waals surface area contributed by atoms with Crippen molar-refractivity contribution in [3.63, 3.8) is 0 Å². The van der Waals surface area contributed by atoms with E-state index in [4.69, 9.17) is 9.51 Å². The molecule has 1 aliphatic heterocycles. The molecule has 1 fully saturated rings. The number of nitrogens with zero attached hydrogens (tertiary/aromatic N) is 5. The van der Waals surface area contributed by atoms with Crippen LogP contribution in [0.25, 0.3) is 11.3 Å². The fraction of sp³-hybridized carbons (Fsp3) is 0.381. The van der Waals surface area contributed by atoms with Crippen molar-refractivity contribution >= 4 is 5.91 Å². The van der Waals surface area contributed by atoms with Crippen LogP contribution in [0.1, 0.15) is 51.8 Å². The third-order valence-electron chi connectivity index (χ3n) is 5.38. The van der Waals surface area contributed by atoms with Crippen LogP contribution in [-0.2, 0) is 6.61 Å². The number of aliphatic hydroxyl groups excluding tert-OH is 1. The van der Waals surface area contributed by atoms with Crippen molar-refractivity contribution in [1.82, 2.24) is 25.0 Å². The quantitative estimate of drug-likeness (QED) is 0.726. The van der Waals surface area contributed by atoms with Crippen LogP contribution in [-0.4, -0.2) is 49.1 Å². The summed E-state index contributed by atoms with van der Waals surface area (Å²) in [6.45, 7) is 4.88. The lowest BCUT2D eigenvalue weighted by molar-refractivity contribution is 0.0705. The van der Waals surface area contributed by atoms with E-state index < -0.39 is 0 Å². The molecular weight excluding hydrogens is 370 g/mol. The molecule has 8 heteroatoms. The molecule has 3 aromatic rings. The van der Waals surface area contributed by atoms with Crippen LogP contribution in [0.2, 0.25) is 0 Å². The number of carbonyl (C=O) groups excluding carboxylic acids is 1. The van der Waals surface area contributed by atoms with Crippen molar-refractivity contribution in [2.24, 2.45) is 0 Å². The van der Waals surface area contributed by atoms with Crippen LogP contribution in [0.5, 0.6) is 0 Å². The Bertz CT molecular complexity index is 999. The summed E-state index contributed by atoms with van der Waals surface area (Å²) in [6, 6.07) is 3.84.